The molecule has 0 saturated heterocycles. The minimum atomic E-state index is -0.718. The van der Waals surface area contributed by atoms with Gasteiger partial charge in [-0.05, 0) is 49.4 Å². The van der Waals surface area contributed by atoms with Gasteiger partial charge in [0.1, 0.15) is 12.4 Å². The first-order valence-electron chi connectivity index (χ1n) is 13.3. The van der Waals surface area contributed by atoms with Gasteiger partial charge in [0.15, 0.2) is 0 Å². The Morgan fingerprint density at radius 1 is 0.833 bits per heavy atom. The molecule has 10 heteroatoms. The summed E-state index contributed by atoms with van der Waals surface area (Å²) in [6.45, 7) is 4.68. The van der Waals surface area contributed by atoms with E-state index in [1.54, 1.807) is 45.0 Å². The van der Waals surface area contributed by atoms with E-state index in [0.29, 0.717) is 11.1 Å². The smallest absolute Gasteiger partial charge is 0.413 e. The maximum atomic E-state index is 12.1. The Morgan fingerprint density at radius 3 is 2.00 bits per heavy atom. The Bertz CT molecular complexity index is 1400. The quantitative estimate of drug-likeness (QED) is 0.125. The van der Waals surface area contributed by atoms with Gasteiger partial charge in [0.05, 0.1) is 11.3 Å². The van der Waals surface area contributed by atoms with Crippen LogP contribution in [0.15, 0.2) is 78.9 Å². The van der Waals surface area contributed by atoms with Gasteiger partial charge < -0.3 is 19.9 Å². The van der Waals surface area contributed by atoms with Gasteiger partial charge in [-0.2, -0.15) is 0 Å². The van der Waals surface area contributed by atoms with Crippen molar-refractivity contribution in [3.8, 4) is 11.1 Å². The molecule has 1 unspecified atom stereocenters. The Balaban J connectivity index is 1.52. The van der Waals surface area contributed by atoms with E-state index in [1.165, 1.54) is 0 Å². The molecule has 0 saturated carbocycles. The van der Waals surface area contributed by atoms with Crippen LogP contribution in [-0.2, 0) is 35.2 Å². The van der Waals surface area contributed by atoms with Crippen LogP contribution in [0.2, 0.25) is 0 Å². The summed E-state index contributed by atoms with van der Waals surface area (Å²) < 4.78 is 15.0. The van der Waals surface area contributed by atoms with Gasteiger partial charge in [0.2, 0.25) is 12.7 Å². The molecule has 0 aliphatic rings. The maximum absolute atomic E-state index is 12.1. The van der Waals surface area contributed by atoms with Gasteiger partial charge in [0.25, 0.3) is 0 Å². The van der Waals surface area contributed by atoms with Gasteiger partial charge in [-0.3, -0.25) is 25.1 Å². The molecule has 0 aliphatic heterocycles. The van der Waals surface area contributed by atoms with Crippen molar-refractivity contribution in [1.82, 2.24) is 5.32 Å². The van der Waals surface area contributed by atoms with Crippen LogP contribution in [0.25, 0.3) is 11.1 Å². The average molecular weight is 574 g/mol. The standard InChI is InChI=1S/C32H35N3O7/c1-32(2,3)30(38)42-20-41-27(36)18-17-26(29(34)37)24-13-9-22(10-14-24)23-11-15-25(16-12-23)28(33)35-31(39)40-19-21-7-5-4-6-8-21/h4-16,26H,17-20H2,1-3H3,(H2,34,37)(H2,33,35,39). The number of alkyl carbamates (subject to hydrolysis) is 1. The number of hydrogen-bond donors (Lipinski definition) is 3. The Morgan fingerprint density at radius 2 is 1.43 bits per heavy atom. The SMILES string of the molecule is CC(C)(C)C(=O)OCOC(=O)CCC(C(N)=O)c1ccc(-c2ccc(C(=N)NC(=O)OCc3ccccc3)cc2)cc1. The van der Waals surface area contributed by atoms with Crippen molar-refractivity contribution in [2.75, 3.05) is 6.79 Å². The van der Waals surface area contributed by atoms with Crippen LogP contribution >= 0.6 is 0 Å². The molecule has 4 N–H and O–H groups in total. The van der Waals surface area contributed by atoms with Crippen LogP contribution in [0.5, 0.6) is 0 Å². The van der Waals surface area contributed by atoms with Crippen LogP contribution in [0.3, 0.4) is 0 Å². The molecule has 42 heavy (non-hydrogen) atoms. The van der Waals surface area contributed by atoms with Crippen molar-refractivity contribution in [2.45, 2.75) is 46.1 Å². The van der Waals surface area contributed by atoms with E-state index < -0.39 is 42.1 Å². The summed E-state index contributed by atoms with van der Waals surface area (Å²) in [5, 5.41) is 10.6. The van der Waals surface area contributed by atoms with E-state index in [-0.39, 0.29) is 25.3 Å². The number of benzene rings is 3. The number of ether oxygens (including phenoxy) is 3. The highest BCUT2D eigenvalue weighted by molar-refractivity contribution is 6.04. The number of nitrogens with two attached hydrogens (primary N) is 1. The first-order valence-corrected chi connectivity index (χ1v) is 13.3. The second-order valence-corrected chi connectivity index (χ2v) is 10.6. The second-order valence-electron chi connectivity index (χ2n) is 10.6. The summed E-state index contributed by atoms with van der Waals surface area (Å²) in [5.41, 5.74) is 8.59. The molecular weight excluding hydrogens is 538 g/mol. The molecule has 0 bridgehead atoms. The average Bonchev–Trinajstić information content (AvgIpc) is 2.96. The van der Waals surface area contributed by atoms with Crippen LogP contribution in [0, 0.1) is 10.8 Å². The lowest BCUT2D eigenvalue weighted by Gasteiger charge is -2.17. The molecule has 0 aromatic heterocycles. The predicted octanol–water partition coefficient (Wildman–Crippen LogP) is 5.04. The number of hydrogen-bond acceptors (Lipinski definition) is 8. The Labute approximate surface area is 244 Å². The summed E-state index contributed by atoms with van der Waals surface area (Å²) in [4.78, 5) is 48.0. The highest BCUT2D eigenvalue weighted by Gasteiger charge is 2.24. The highest BCUT2D eigenvalue weighted by atomic mass is 16.7. The number of amides is 2. The first-order chi connectivity index (χ1) is 19.9. The summed E-state index contributed by atoms with van der Waals surface area (Å²) in [6.07, 6.45) is -0.660. The zero-order valence-electron chi connectivity index (χ0n) is 23.8. The van der Waals surface area contributed by atoms with Crippen LogP contribution < -0.4 is 11.1 Å². The molecule has 0 fully saturated rings. The highest BCUT2D eigenvalue weighted by Crippen LogP contribution is 2.26. The van der Waals surface area contributed by atoms with Gasteiger partial charge in [-0.25, -0.2) is 4.79 Å². The van der Waals surface area contributed by atoms with Crippen molar-refractivity contribution in [3.05, 3.63) is 95.6 Å². The molecule has 0 aliphatic carbocycles. The number of rotatable bonds is 11. The van der Waals surface area contributed by atoms with Gasteiger partial charge in [-0.1, -0.05) is 78.9 Å². The number of carbonyl (C=O) groups is 4. The van der Waals surface area contributed by atoms with Crippen LogP contribution in [0.1, 0.15) is 56.2 Å². The number of primary amides is 1. The maximum Gasteiger partial charge on any atom is 0.413 e. The minimum absolute atomic E-state index is 0.0797. The van der Waals surface area contributed by atoms with E-state index in [1.807, 2.05) is 54.6 Å². The molecule has 3 rings (SSSR count). The fourth-order valence-electron chi connectivity index (χ4n) is 3.84. The third-order valence-electron chi connectivity index (χ3n) is 6.26. The fraction of sp³-hybridized carbons (Fsp3) is 0.281. The molecule has 10 nitrogen and oxygen atoms in total. The number of nitrogens with one attached hydrogen (secondary N) is 2. The first kappa shape index (κ1) is 31.5. The summed E-state index contributed by atoms with van der Waals surface area (Å²) >= 11 is 0. The van der Waals surface area contributed by atoms with E-state index in [4.69, 9.17) is 25.4 Å². The fourth-order valence-corrected chi connectivity index (χ4v) is 3.84. The topological polar surface area (TPSA) is 158 Å². The van der Waals surface area contributed by atoms with E-state index in [0.717, 1.165) is 16.7 Å². The Kier molecular flexibility index (Phi) is 11.0. The van der Waals surface area contributed by atoms with Crippen molar-refractivity contribution in [2.24, 2.45) is 11.1 Å². The van der Waals surface area contributed by atoms with Crippen molar-refractivity contribution < 1.29 is 33.4 Å². The lowest BCUT2D eigenvalue weighted by molar-refractivity contribution is -0.173. The molecule has 3 aromatic carbocycles. The van der Waals surface area contributed by atoms with E-state index in [2.05, 4.69) is 5.32 Å². The predicted molar refractivity (Wildman–Crippen MR) is 156 cm³/mol. The van der Waals surface area contributed by atoms with Gasteiger partial charge in [-0.15, -0.1) is 0 Å². The molecule has 0 heterocycles. The monoisotopic (exact) mass is 573 g/mol. The molecule has 220 valence electrons. The van der Waals surface area contributed by atoms with E-state index in [9.17, 15) is 19.2 Å². The van der Waals surface area contributed by atoms with Crippen LogP contribution in [0.4, 0.5) is 4.79 Å². The zero-order chi connectivity index (χ0) is 30.7. The summed E-state index contributed by atoms with van der Waals surface area (Å²) in [7, 11) is 0. The van der Waals surface area contributed by atoms with Crippen molar-refractivity contribution in [1.29, 1.82) is 5.41 Å². The molecule has 2 amide bonds. The zero-order valence-corrected chi connectivity index (χ0v) is 23.8. The molecule has 0 spiro atoms. The number of carbonyl (C=O) groups excluding carboxylic acids is 4. The number of esters is 2. The minimum Gasteiger partial charge on any atom is -0.444 e. The summed E-state index contributed by atoms with van der Waals surface area (Å²) in [5.74, 6) is -2.48. The molecule has 1 atom stereocenters. The lowest BCUT2D eigenvalue weighted by Crippen LogP contribution is -2.30. The van der Waals surface area contributed by atoms with Gasteiger partial charge in [0, 0.05) is 12.0 Å². The van der Waals surface area contributed by atoms with E-state index >= 15 is 0 Å². The third kappa shape index (κ3) is 9.58. The second kappa shape index (κ2) is 14.6. The largest absolute Gasteiger partial charge is 0.444 e. The van der Waals surface area contributed by atoms with Gasteiger partial charge >= 0.3 is 18.0 Å². The van der Waals surface area contributed by atoms with Crippen molar-refractivity contribution >= 4 is 29.8 Å². The molecular formula is C32H35N3O7. The Hall–Kier alpha value is -4.99. The van der Waals surface area contributed by atoms with Crippen LogP contribution in [-0.4, -0.2) is 36.6 Å². The lowest BCUT2D eigenvalue weighted by atomic mass is 9.92. The normalized spacial score (nSPS) is 11.6. The number of amidine groups is 1. The molecule has 3 aromatic rings. The third-order valence-corrected chi connectivity index (χ3v) is 6.26. The molecule has 0 radical (unpaired) electrons. The van der Waals surface area contributed by atoms with Crippen molar-refractivity contribution in [3.63, 3.8) is 0 Å². The summed E-state index contributed by atoms with van der Waals surface area (Å²) in [6, 6.07) is 23.5.